The van der Waals surface area contributed by atoms with Crippen LogP contribution in [-0.4, -0.2) is 10.8 Å². The number of carbonyl (C=O) groups is 1. The standard InChI is InChI=1S/C22H22BrNO/c1-13(2)20-19(22(25)14(3)4)18(15-9-6-5-7-10-15)16-11-8-12-17(23)21(16)24-20/h5-14H,1-4H3. The van der Waals surface area contributed by atoms with Gasteiger partial charge in [-0.05, 0) is 33.5 Å². The van der Waals surface area contributed by atoms with E-state index < -0.39 is 0 Å². The van der Waals surface area contributed by atoms with E-state index in [1.54, 1.807) is 0 Å². The maximum absolute atomic E-state index is 13.1. The molecule has 0 aliphatic heterocycles. The SMILES string of the molecule is CC(C)C(=O)c1c(C(C)C)nc2c(Br)cccc2c1-c1ccccc1. The summed E-state index contributed by atoms with van der Waals surface area (Å²) in [5, 5.41) is 1.01. The normalized spacial score (nSPS) is 11.5. The molecule has 0 saturated heterocycles. The molecular formula is C22H22BrNO. The summed E-state index contributed by atoms with van der Waals surface area (Å²) >= 11 is 3.63. The van der Waals surface area contributed by atoms with Crippen LogP contribution in [0.2, 0.25) is 0 Å². The smallest absolute Gasteiger partial charge is 0.167 e. The average molecular weight is 396 g/mol. The first-order valence-electron chi connectivity index (χ1n) is 8.63. The fourth-order valence-electron chi connectivity index (χ4n) is 3.13. The highest BCUT2D eigenvalue weighted by Crippen LogP contribution is 2.38. The van der Waals surface area contributed by atoms with Gasteiger partial charge in [0.25, 0.3) is 0 Å². The van der Waals surface area contributed by atoms with Crippen LogP contribution in [0.25, 0.3) is 22.0 Å². The van der Waals surface area contributed by atoms with Crippen LogP contribution in [0.1, 0.15) is 49.7 Å². The number of carbonyl (C=O) groups excluding carboxylic acids is 1. The van der Waals surface area contributed by atoms with Crippen LogP contribution < -0.4 is 0 Å². The van der Waals surface area contributed by atoms with E-state index in [1.165, 1.54) is 0 Å². The van der Waals surface area contributed by atoms with Crippen molar-refractivity contribution in [2.45, 2.75) is 33.6 Å². The molecule has 0 saturated carbocycles. The topological polar surface area (TPSA) is 30.0 Å². The molecule has 2 aromatic carbocycles. The molecule has 0 N–H and O–H groups in total. The molecule has 0 aliphatic rings. The molecule has 3 rings (SSSR count). The second-order valence-corrected chi connectivity index (χ2v) is 7.78. The number of benzene rings is 2. The first-order chi connectivity index (χ1) is 11.9. The third-order valence-corrected chi connectivity index (χ3v) is 5.01. The highest BCUT2D eigenvalue weighted by atomic mass is 79.9. The van der Waals surface area contributed by atoms with Gasteiger partial charge in [-0.3, -0.25) is 9.78 Å². The number of aromatic nitrogens is 1. The molecular weight excluding hydrogens is 374 g/mol. The van der Waals surface area contributed by atoms with E-state index in [0.717, 1.165) is 37.8 Å². The van der Waals surface area contributed by atoms with Gasteiger partial charge in [0, 0.05) is 26.9 Å². The Kier molecular flexibility index (Phi) is 5.05. The first-order valence-corrected chi connectivity index (χ1v) is 9.42. The fourth-order valence-corrected chi connectivity index (χ4v) is 3.59. The molecule has 0 unspecified atom stereocenters. The molecule has 0 bridgehead atoms. The van der Waals surface area contributed by atoms with E-state index in [9.17, 15) is 4.79 Å². The van der Waals surface area contributed by atoms with Gasteiger partial charge in [-0.25, -0.2) is 0 Å². The van der Waals surface area contributed by atoms with Crippen molar-refractivity contribution in [3.8, 4) is 11.1 Å². The molecule has 0 amide bonds. The van der Waals surface area contributed by atoms with Gasteiger partial charge in [-0.15, -0.1) is 0 Å². The van der Waals surface area contributed by atoms with Crippen molar-refractivity contribution in [1.29, 1.82) is 0 Å². The molecule has 25 heavy (non-hydrogen) atoms. The summed E-state index contributed by atoms with van der Waals surface area (Å²) in [5.74, 6) is 0.236. The summed E-state index contributed by atoms with van der Waals surface area (Å²) in [6, 6.07) is 16.2. The Balaban J connectivity index is 2.53. The molecule has 1 heterocycles. The number of nitrogens with zero attached hydrogens (tertiary/aromatic N) is 1. The van der Waals surface area contributed by atoms with Gasteiger partial charge in [0.2, 0.25) is 0 Å². The van der Waals surface area contributed by atoms with E-state index in [4.69, 9.17) is 4.98 Å². The number of pyridine rings is 1. The molecule has 0 atom stereocenters. The summed E-state index contributed by atoms with van der Waals surface area (Å²) in [7, 11) is 0. The molecule has 1 aromatic heterocycles. The maximum Gasteiger partial charge on any atom is 0.167 e. The minimum Gasteiger partial charge on any atom is -0.294 e. The minimum absolute atomic E-state index is 0.0774. The number of fused-ring (bicyclic) bond motifs is 1. The van der Waals surface area contributed by atoms with Crippen molar-refractivity contribution in [2.75, 3.05) is 0 Å². The molecule has 0 fully saturated rings. The van der Waals surface area contributed by atoms with Crippen molar-refractivity contribution in [1.82, 2.24) is 4.98 Å². The third kappa shape index (κ3) is 3.25. The van der Waals surface area contributed by atoms with Gasteiger partial charge in [-0.1, -0.05) is 70.2 Å². The minimum atomic E-state index is -0.0774. The van der Waals surface area contributed by atoms with E-state index in [-0.39, 0.29) is 17.6 Å². The molecule has 3 heteroatoms. The fraction of sp³-hybridized carbons (Fsp3) is 0.273. The number of hydrogen-bond donors (Lipinski definition) is 0. The Morgan fingerprint density at radius 3 is 2.24 bits per heavy atom. The Labute approximate surface area is 157 Å². The van der Waals surface area contributed by atoms with Crippen LogP contribution >= 0.6 is 15.9 Å². The van der Waals surface area contributed by atoms with E-state index >= 15 is 0 Å². The second-order valence-electron chi connectivity index (χ2n) is 6.92. The molecule has 0 spiro atoms. The quantitative estimate of drug-likeness (QED) is 0.464. The first kappa shape index (κ1) is 17.8. The number of para-hydroxylation sites is 1. The van der Waals surface area contributed by atoms with Gasteiger partial charge >= 0.3 is 0 Å². The summed E-state index contributed by atoms with van der Waals surface area (Å²) in [6.45, 7) is 8.09. The molecule has 3 aromatic rings. The Hall–Kier alpha value is -2.00. The molecule has 0 aliphatic carbocycles. The van der Waals surface area contributed by atoms with E-state index in [2.05, 4.69) is 48.0 Å². The zero-order valence-corrected chi connectivity index (χ0v) is 16.6. The third-order valence-electron chi connectivity index (χ3n) is 4.37. The van der Waals surface area contributed by atoms with Crippen molar-refractivity contribution in [3.05, 3.63) is 64.3 Å². The van der Waals surface area contributed by atoms with Crippen LogP contribution in [-0.2, 0) is 0 Å². The Morgan fingerprint density at radius 1 is 0.960 bits per heavy atom. The second kappa shape index (κ2) is 7.09. The summed E-state index contributed by atoms with van der Waals surface area (Å²) < 4.78 is 0.952. The van der Waals surface area contributed by atoms with Crippen molar-refractivity contribution in [3.63, 3.8) is 0 Å². The Bertz CT molecular complexity index is 930. The molecule has 2 nitrogen and oxygen atoms in total. The van der Waals surface area contributed by atoms with Crippen LogP contribution in [0.5, 0.6) is 0 Å². The predicted octanol–water partition coefficient (Wildman–Crippen LogP) is 6.63. The van der Waals surface area contributed by atoms with Crippen LogP contribution in [0, 0.1) is 5.92 Å². The number of Topliss-reactive ketones (excluding diaryl/α,β-unsaturated/α-hetero) is 1. The van der Waals surface area contributed by atoms with Gasteiger partial charge in [-0.2, -0.15) is 0 Å². The van der Waals surface area contributed by atoms with Gasteiger partial charge in [0.1, 0.15) is 0 Å². The summed E-state index contributed by atoms with van der Waals surface area (Å²) in [6.07, 6.45) is 0. The summed E-state index contributed by atoms with van der Waals surface area (Å²) in [5.41, 5.74) is 4.59. The lowest BCUT2D eigenvalue weighted by Crippen LogP contribution is -2.15. The number of ketones is 1. The molecule has 128 valence electrons. The van der Waals surface area contributed by atoms with Crippen LogP contribution in [0.3, 0.4) is 0 Å². The lowest BCUT2D eigenvalue weighted by molar-refractivity contribution is 0.0938. The van der Waals surface area contributed by atoms with Crippen molar-refractivity contribution >= 4 is 32.6 Å². The van der Waals surface area contributed by atoms with Crippen molar-refractivity contribution in [2.24, 2.45) is 5.92 Å². The van der Waals surface area contributed by atoms with Gasteiger partial charge in [0.15, 0.2) is 5.78 Å². The number of rotatable bonds is 4. The van der Waals surface area contributed by atoms with E-state index in [0.29, 0.717) is 0 Å². The molecule has 0 radical (unpaired) electrons. The summed E-state index contributed by atoms with van der Waals surface area (Å²) in [4.78, 5) is 18.0. The van der Waals surface area contributed by atoms with Crippen LogP contribution in [0.15, 0.2) is 53.0 Å². The maximum atomic E-state index is 13.1. The monoisotopic (exact) mass is 395 g/mol. The largest absolute Gasteiger partial charge is 0.294 e. The van der Waals surface area contributed by atoms with E-state index in [1.807, 2.05) is 44.2 Å². The zero-order valence-electron chi connectivity index (χ0n) is 15.0. The highest BCUT2D eigenvalue weighted by molar-refractivity contribution is 9.10. The number of halogens is 1. The highest BCUT2D eigenvalue weighted by Gasteiger charge is 2.25. The lowest BCUT2D eigenvalue weighted by Gasteiger charge is -2.20. The van der Waals surface area contributed by atoms with Crippen molar-refractivity contribution < 1.29 is 4.79 Å². The predicted molar refractivity (Wildman–Crippen MR) is 108 cm³/mol. The average Bonchev–Trinajstić information content (AvgIpc) is 2.60. The zero-order chi connectivity index (χ0) is 18.1. The van der Waals surface area contributed by atoms with Gasteiger partial charge in [0.05, 0.1) is 11.2 Å². The van der Waals surface area contributed by atoms with Gasteiger partial charge < -0.3 is 0 Å². The Morgan fingerprint density at radius 2 is 1.64 bits per heavy atom. The number of hydrogen-bond acceptors (Lipinski definition) is 2. The lowest BCUT2D eigenvalue weighted by atomic mass is 9.86. The van der Waals surface area contributed by atoms with Crippen LogP contribution in [0.4, 0.5) is 0 Å².